The van der Waals surface area contributed by atoms with Crippen LogP contribution in [0.2, 0.25) is 0 Å². The van der Waals surface area contributed by atoms with E-state index in [1.165, 1.54) is 10.4 Å². The van der Waals surface area contributed by atoms with E-state index in [1.54, 1.807) is 18.2 Å². The maximum atomic E-state index is 12.4. The van der Waals surface area contributed by atoms with Gasteiger partial charge in [0.2, 0.25) is 10.0 Å². The number of ether oxygens (including phenoxy) is 1. The maximum absolute atomic E-state index is 12.4. The van der Waals surface area contributed by atoms with Crippen LogP contribution in [0.15, 0.2) is 29.2 Å². The van der Waals surface area contributed by atoms with E-state index < -0.39 is 10.0 Å². The van der Waals surface area contributed by atoms with Gasteiger partial charge in [0, 0.05) is 30.1 Å². The van der Waals surface area contributed by atoms with Crippen LogP contribution >= 0.6 is 0 Å². The van der Waals surface area contributed by atoms with Gasteiger partial charge in [0.05, 0.1) is 18.1 Å². The third kappa shape index (κ3) is 2.20. The van der Waals surface area contributed by atoms with Crippen LogP contribution in [0, 0.1) is 0 Å². The Labute approximate surface area is 110 Å². The number of aromatic amines is 1. The quantitative estimate of drug-likeness (QED) is 0.857. The molecule has 2 heterocycles. The number of benzene rings is 1. The number of aromatic nitrogens is 1. The highest BCUT2D eigenvalue weighted by Gasteiger charge is 2.26. The summed E-state index contributed by atoms with van der Waals surface area (Å²) in [5.41, 5.74) is 0.707. The van der Waals surface area contributed by atoms with Crippen LogP contribution in [0.4, 0.5) is 0 Å². The molecule has 2 N–H and O–H groups in total. The minimum absolute atomic E-state index is 0.0240. The lowest BCUT2D eigenvalue weighted by molar-refractivity contribution is 0.0730. The van der Waals surface area contributed by atoms with Crippen molar-refractivity contribution >= 4 is 20.9 Å². The van der Waals surface area contributed by atoms with Crippen LogP contribution < -0.4 is 0 Å². The summed E-state index contributed by atoms with van der Waals surface area (Å²) in [7, 11) is -3.49. The molecular weight excluding hydrogens is 268 g/mol. The fraction of sp³-hybridized carbons (Fsp3) is 0.333. The Morgan fingerprint density at radius 3 is 2.68 bits per heavy atom. The van der Waals surface area contributed by atoms with Crippen molar-refractivity contribution in [2.45, 2.75) is 4.90 Å². The molecule has 1 fully saturated rings. The fourth-order valence-electron chi connectivity index (χ4n) is 2.19. The van der Waals surface area contributed by atoms with E-state index in [0.29, 0.717) is 37.2 Å². The van der Waals surface area contributed by atoms with E-state index in [1.807, 2.05) is 0 Å². The van der Waals surface area contributed by atoms with Gasteiger partial charge >= 0.3 is 0 Å². The Balaban J connectivity index is 2.02. The Morgan fingerprint density at radius 1 is 1.21 bits per heavy atom. The average molecular weight is 282 g/mol. The van der Waals surface area contributed by atoms with Crippen LogP contribution in [0.25, 0.3) is 10.9 Å². The number of H-pyrrole nitrogens is 1. The number of nitrogens with zero attached hydrogens (tertiary/aromatic N) is 1. The molecule has 7 heteroatoms. The highest BCUT2D eigenvalue weighted by atomic mass is 32.2. The van der Waals surface area contributed by atoms with Gasteiger partial charge in [-0.05, 0) is 18.2 Å². The molecule has 0 unspecified atom stereocenters. The Bertz CT molecular complexity index is 702. The van der Waals surface area contributed by atoms with Crippen molar-refractivity contribution in [1.82, 2.24) is 9.29 Å². The summed E-state index contributed by atoms with van der Waals surface area (Å²) < 4.78 is 31.5. The van der Waals surface area contributed by atoms with Crippen molar-refractivity contribution < 1.29 is 18.3 Å². The third-order valence-electron chi connectivity index (χ3n) is 3.19. The topological polar surface area (TPSA) is 82.6 Å². The van der Waals surface area contributed by atoms with Crippen molar-refractivity contribution in [3.8, 4) is 5.88 Å². The van der Waals surface area contributed by atoms with Gasteiger partial charge < -0.3 is 14.8 Å². The van der Waals surface area contributed by atoms with Gasteiger partial charge in [-0.1, -0.05) is 0 Å². The molecule has 19 heavy (non-hydrogen) atoms. The van der Waals surface area contributed by atoms with Gasteiger partial charge in [-0.2, -0.15) is 4.31 Å². The zero-order valence-corrected chi connectivity index (χ0v) is 11.0. The van der Waals surface area contributed by atoms with Gasteiger partial charge in [-0.15, -0.1) is 0 Å². The highest BCUT2D eigenvalue weighted by molar-refractivity contribution is 7.89. The molecule has 1 aromatic carbocycles. The number of nitrogens with one attached hydrogen (secondary N) is 1. The third-order valence-corrected chi connectivity index (χ3v) is 5.08. The van der Waals surface area contributed by atoms with E-state index in [4.69, 9.17) is 4.74 Å². The summed E-state index contributed by atoms with van der Waals surface area (Å²) in [6.07, 6.45) is 0. The molecule has 0 spiro atoms. The zero-order chi connectivity index (χ0) is 13.5. The first-order valence-corrected chi connectivity index (χ1v) is 7.41. The number of rotatable bonds is 2. The maximum Gasteiger partial charge on any atom is 0.243 e. The van der Waals surface area contributed by atoms with E-state index in [-0.39, 0.29) is 10.8 Å². The normalized spacial score (nSPS) is 17.9. The first kappa shape index (κ1) is 12.5. The van der Waals surface area contributed by atoms with Crippen LogP contribution in [0.5, 0.6) is 5.88 Å². The summed E-state index contributed by atoms with van der Waals surface area (Å²) in [6.45, 7) is 1.59. The molecule has 0 saturated carbocycles. The molecule has 3 rings (SSSR count). The molecule has 1 saturated heterocycles. The van der Waals surface area contributed by atoms with Gasteiger partial charge in [0.25, 0.3) is 0 Å². The first-order chi connectivity index (χ1) is 9.07. The number of morpholine rings is 1. The molecule has 102 valence electrons. The minimum atomic E-state index is -3.49. The lowest BCUT2D eigenvalue weighted by Gasteiger charge is -2.26. The van der Waals surface area contributed by atoms with Gasteiger partial charge in [-0.3, -0.25) is 0 Å². The standard InChI is InChI=1S/C12H14N2O4S/c15-12-8-9-7-10(1-2-11(9)13-12)19(16,17)14-3-5-18-6-4-14/h1-2,7-8,13,15H,3-6H2. The molecule has 0 amide bonds. The van der Waals surface area contributed by atoms with Crippen LogP contribution in [-0.2, 0) is 14.8 Å². The first-order valence-electron chi connectivity index (χ1n) is 5.97. The molecule has 0 bridgehead atoms. The van der Waals surface area contributed by atoms with Crippen molar-refractivity contribution in [1.29, 1.82) is 0 Å². The van der Waals surface area contributed by atoms with Crippen molar-refractivity contribution in [3.63, 3.8) is 0 Å². The average Bonchev–Trinajstić information content (AvgIpc) is 2.78. The van der Waals surface area contributed by atoms with Crippen molar-refractivity contribution in [2.24, 2.45) is 0 Å². The lowest BCUT2D eigenvalue weighted by atomic mass is 10.2. The van der Waals surface area contributed by atoms with E-state index >= 15 is 0 Å². The minimum Gasteiger partial charge on any atom is -0.495 e. The number of fused-ring (bicyclic) bond motifs is 1. The summed E-state index contributed by atoms with van der Waals surface area (Å²) in [6, 6.07) is 6.27. The van der Waals surface area contributed by atoms with Gasteiger partial charge in [0.1, 0.15) is 0 Å². The van der Waals surface area contributed by atoms with E-state index in [0.717, 1.165) is 0 Å². The number of sulfonamides is 1. The van der Waals surface area contributed by atoms with Crippen molar-refractivity contribution in [3.05, 3.63) is 24.3 Å². The van der Waals surface area contributed by atoms with Crippen LogP contribution in [0.1, 0.15) is 0 Å². The Kier molecular flexibility index (Phi) is 2.96. The van der Waals surface area contributed by atoms with E-state index in [9.17, 15) is 13.5 Å². The number of hydrogen-bond donors (Lipinski definition) is 2. The van der Waals surface area contributed by atoms with Crippen LogP contribution in [0.3, 0.4) is 0 Å². The largest absolute Gasteiger partial charge is 0.495 e. The second-order valence-electron chi connectivity index (χ2n) is 4.42. The monoisotopic (exact) mass is 282 g/mol. The molecular formula is C12H14N2O4S. The second kappa shape index (κ2) is 4.52. The van der Waals surface area contributed by atoms with Gasteiger partial charge in [-0.25, -0.2) is 8.42 Å². The summed E-state index contributed by atoms with van der Waals surface area (Å²) >= 11 is 0. The number of hydrogen-bond acceptors (Lipinski definition) is 4. The number of aromatic hydroxyl groups is 1. The molecule has 0 atom stereocenters. The summed E-state index contributed by atoms with van der Waals surface area (Å²) in [5, 5.41) is 10.0. The second-order valence-corrected chi connectivity index (χ2v) is 6.36. The summed E-state index contributed by atoms with van der Waals surface area (Å²) in [4.78, 5) is 2.98. The molecule has 0 aliphatic carbocycles. The molecule has 2 aromatic rings. The van der Waals surface area contributed by atoms with Crippen LogP contribution in [-0.4, -0.2) is 49.1 Å². The predicted molar refractivity (Wildman–Crippen MR) is 69.5 cm³/mol. The predicted octanol–water partition coefficient (Wildman–Crippen LogP) is 0.894. The molecule has 6 nitrogen and oxygen atoms in total. The summed E-state index contributed by atoms with van der Waals surface area (Å²) in [5.74, 6) is 0.0240. The SMILES string of the molecule is O=S(=O)(c1ccc2[nH]c(O)cc2c1)N1CCOCC1. The molecule has 1 aromatic heterocycles. The van der Waals surface area contributed by atoms with Gasteiger partial charge in [0.15, 0.2) is 5.88 Å². The Hall–Kier alpha value is -1.57. The molecule has 0 radical (unpaired) electrons. The smallest absolute Gasteiger partial charge is 0.243 e. The van der Waals surface area contributed by atoms with Crippen molar-refractivity contribution in [2.75, 3.05) is 26.3 Å². The molecule has 1 aliphatic rings. The Morgan fingerprint density at radius 2 is 1.95 bits per heavy atom. The molecule has 1 aliphatic heterocycles. The lowest BCUT2D eigenvalue weighted by Crippen LogP contribution is -2.40. The fourth-order valence-corrected chi connectivity index (χ4v) is 3.64. The highest BCUT2D eigenvalue weighted by Crippen LogP contribution is 2.24. The van der Waals surface area contributed by atoms with E-state index in [2.05, 4.69) is 4.98 Å². The zero-order valence-electron chi connectivity index (χ0n) is 10.2.